The van der Waals surface area contributed by atoms with Crippen molar-refractivity contribution in [2.24, 2.45) is 0 Å². The third kappa shape index (κ3) is 3.32. The summed E-state index contributed by atoms with van der Waals surface area (Å²) < 4.78 is 39.4. The van der Waals surface area contributed by atoms with Gasteiger partial charge in [0.25, 0.3) is 5.92 Å². The van der Waals surface area contributed by atoms with Gasteiger partial charge in [0.15, 0.2) is 0 Å². The van der Waals surface area contributed by atoms with Crippen LogP contribution in [0.3, 0.4) is 0 Å². The molecule has 0 aliphatic heterocycles. The first-order chi connectivity index (χ1) is 9.43. The Morgan fingerprint density at radius 2 is 2.15 bits per heavy atom. The van der Waals surface area contributed by atoms with Crippen molar-refractivity contribution < 1.29 is 18.3 Å². The molecular weight excluding hydrogens is 269 g/mol. The van der Waals surface area contributed by atoms with E-state index in [1.807, 2.05) is 0 Å². The lowest BCUT2D eigenvalue weighted by Gasteiger charge is -2.18. The largest absolute Gasteiger partial charge is 0.390 e. The predicted octanol–water partition coefficient (Wildman–Crippen LogP) is 2.46. The summed E-state index contributed by atoms with van der Waals surface area (Å²) in [7, 11) is 0. The average molecular weight is 286 g/mol. The quantitative estimate of drug-likeness (QED) is 0.764. The van der Waals surface area contributed by atoms with E-state index >= 15 is 0 Å². The van der Waals surface area contributed by atoms with E-state index in [0.29, 0.717) is 11.9 Å². The molecule has 0 bridgehead atoms. The number of halogens is 3. The zero-order valence-corrected chi connectivity index (χ0v) is 11.1. The van der Waals surface area contributed by atoms with E-state index in [1.165, 1.54) is 6.07 Å². The Morgan fingerprint density at radius 1 is 1.40 bits per heavy atom. The highest BCUT2D eigenvalue weighted by molar-refractivity contribution is 5.83. The van der Waals surface area contributed by atoms with Crippen molar-refractivity contribution in [1.29, 1.82) is 0 Å². The van der Waals surface area contributed by atoms with Crippen LogP contribution >= 0.6 is 0 Å². The normalized spacial score (nSPS) is 13.8. The lowest BCUT2D eigenvalue weighted by Crippen LogP contribution is -2.40. The number of para-hydroxylation sites is 1. The minimum atomic E-state index is -3.12. The molecule has 6 heteroatoms. The van der Waals surface area contributed by atoms with E-state index < -0.39 is 19.1 Å². The van der Waals surface area contributed by atoms with Crippen LogP contribution < -0.4 is 5.32 Å². The van der Waals surface area contributed by atoms with Crippen molar-refractivity contribution in [3.05, 3.63) is 35.8 Å². The first-order valence-electron chi connectivity index (χ1n) is 6.39. The second-order valence-electron chi connectivity index (χ2n) is 4.98. The molecule has 0 aliphatic carbocycles. The highest BCUT2D eigenvalue weighted by Gasteiger charge is 2.27. The number of benzene rings is 1. The molecule has 1 heterocycles. The minimum Gasteiger partial charge on any atom is -0.390 e. The Bertz CT molecular complexity index is 583. The van der Waals surface area contributed by atoms with Gasteiger partial charge < -0.3 is 15.4 Å². The molecule has 3 N–H and O–H groups in total. The third-order valence-electron chi connectivity index (χ3n) is 3.22. The second-order valence-corrected chi connectivity index (χ2v) is 4.98. The van der Waals surface area contributed by atoms with E-state index in [1.54, 1.807) is 25.3 Å². The fourth-order valence-corrected chi connectivity index (χ4v) is 2.13. The second kappa shape index (κ2) is 5.85. The number of aliphatic hydroxyl groups excluding tert-OH is 1. The highest BCUT2D eigenvalue weighted by atomic mass is 19.3. The van der Waals surface area contributed by atoms with Gasteiger partial charge in [0.05, 0.1) is 12.1 Å². The molecule has 1 atom stereocenters. The molecule has 0 amide bonds. The zero-order valence-electron chi connectivity index (χ0n) is 11.1. The lowest BCUT2D eigenvalue weighted by atomic mass is 10.1. The molecule has 2 rings (SSSR count). The van der Waals surface area contributed by atoms with Crippen LogP contribution in [0.25, 0.3) is 10.9 Å². The number of aliphatic hydroxyl groups is 1. The van der Waals surface area contributed by atoms with Crippen molar-refractivity contribution in [1.82, 2.24) is 10.3 Å². The zero-order chi connectivity index (χ0) is 14.8. The Kier molecular flexibility index (Phi) is 4.35. The smallest absolute Gasteiger partial charge is 0.282 e. The standard InChI is InChI=1S/C14H17F3N2O/c1-9(19-7-14(16,17)8-20)5-10-6-18-13-11(10)3-2-4-12(13)15/h2-4,6,9,18-20H,5,7-8H2,1H3. The number of aromatic amines is 1. The van der Waals surface area contributed by atoms with Gasteiger partial charge in [-0.2, -0.15) is 0 Å². The Morgan fingerprint density at radius 3 is 2.85 bits per heavy atom. The molecule has 2 aromatic rings. The maximum absolute atomic E-state index is 13.5. The van der Waals surface area contributed by atoms with Crippen LogP contribution in [0.1, 0.15) is 12.5 Å². The van der Waals surface area contributed by atoms with E-state index in [-0.39, 0.29) is 11.9 Å². The predicted molar refractivity (Wildman–Crippen MR) is 71.5 cm³/mol. The number of H-pyrrole nitrogens is 1. The van der Waals surface area contributed by atoms with Gasteiger partial charge in [0, 0.05) is 17.6 Å². The molecule has 1 unspecified atom stereocenters. The number of alkyl halides is 2. The SMILES string of the molecule is CC(Cc1c[nH]c2c(F)cccc12)NCC(F)(F)CO. The monoisotopic (exact) mass is 286 g/mol. The highest BCUT2D eigenvalue weighted by Crippen LogP contribution is 2.22. The molecule has 0 fully saturated rings. The van der Waals surface area contributed by atoms with Crippen LogP contribution in [0.2, 0.25) is 0 Å². The molecule has 0 spiro atoms. The Labute approximate surface area is 114 Å². The van der Waals surface area contributed by atoms with Crippen LogP contribution in [-0.2, 0) is 6.42 Å². The molecule has 1 aromatic heterocycles. The van der Waals surface area contributed by atoms with Crippen LogP contribution in [0.15, 0.2) is 24.4 Å². The van der Waals surface area contributed by atoms with Crippen LogP contribution in [0.5, 0.6) is 0 Å². The van der Waals surface area contributed by atoms with E-state index in [9.17, 15) is 13.2 Å². The summed E-state index contributed by atoms with van der Waals surface area (Å²) in [6.45, 7) is 0.0119. The van der Waals surface area contributed by atoms with Gasteiger partial charge in [-0.3, -0.25) is 0 Å². The van der Waals surface area contributed by atoms with Gasteiger partial charge in [0.2, 0.25) is 0 Å². The number of nitrogens with one attached hydrogen (secondary N) is 2. The number of hydrogen-bond donors (Lipinski definition) is 3. The molecule has 20 heavy (non-hydrogen) atoms. The van der Waals surface area contributed by atoms with E-state index in [0.717, 1.165) is 10.9 Å². The number of aromatic nitrogens is 1. The summed E-state index contributed by atoms with van der Waals surface area (Å²) in [5.41, 5.74) is 1.29. The Hall–Kier alpha value is -1.53. The van der Waals surface area contributed by atoms with Gasteiger partial charge in [-0.25, -0.2) is 13.2 Å². The molecular formula is C14H17F3N2O. The van der Waals surface area contributed by atoms with Crippen LogP contribution in [0.4, 0.5) is 13.2 Å². The van der Waals surface area contributed by atoms with Gasteiger partial charge in [-0.15, -0.1) is 0 Å². The fraction of sp³-hybridized carbons (Fsp3) is 0.429. The summed E-state index contributed by atoms with van der Waals surface area (Å²) in [6.07, 6.45) is 2.18. The van der Waals surface area contributed by atoms with Gasteiger partial charge >= 0.3 is 0 Å². The van der Waals surface area contributed by atoms with E-state index in [2.05, 4.69) is 10.3 Å². The molecule has 0 saturated carbocycles. The van der Waals surface area contributed by atoms with E-state index in [4.69, 9.17) is 5.11 Å². The van der Waals surface area contributed by atoms with Crippen LogP contribution in [-0.4, -0.2) is 35.2 Å². The van der Waals surface area contributed by atoms with Crippen molar-refractivity contribution >= 4 is 10.9 Å². The summed E-state index contributed by atoms with van der Waals surface area (Å²) in [5.74, 6) is -3.46. The first kappa shape index (κ1) is 14.9. The minimum absolute atomic E-state index is 0.213. The average Bonchev–Trinajstić information content (AvgIpc) is 2.82. The lowest BCUT2D eigenvalue weighted by molar-refractivity contribution is -0.0490. The molecule has 0 saturated heterocycles. The van der Waals surface area contributed by atoms with Gasteiger partial charge in [-0.05, 0) is 25.0 Å². The molecule has 110 valence electrons. The first-order valence-corrected chi connectivity index (χ1v) is 6.39. The maximum Gasteiger partial charge on any atom is 0.282 e. The maximum atomic E-state index is 13.5. The summed E-state index contributed by atoms with van der Waals surface area (Å²) >= 11 is 0. The molecule has 0 aliphatic rings. The third-order valence-corrected chi connectivity index (χ3v) is 3.22. The summed E-state index contributed by atoms with van der Waals surface area (Å²) in [4.78, 5) is 2.85. The van der Waals surface area contributed by atoms with Crippen molar-refractivity contribution in [3.63, 3.8) is 0 Å². The number of fused-ring (bicyclic) bond motifs is 1. The van der Waals surface area contributed by atoms with Crippen molar-refractivity contribution in [2.75, 3.05) is 13.2 Å². The van der Waals surface area contributed by atoms with Crippen LogP contribution in [0, 0.1) is 5.82 Å². The molecule has 0 radical (unpaired) electrons. The van der Waals surface area contributed by atoms with Crippen molar-refractivity contribution in [3.8, 4) is 0 Å². The summed E-state index contributed by atoms with van der Waals surface area (Å²) in [5, 5.41) is 11.9. The molecule has 3 nitrogen and oxygen atoms in total. The molecule has 1 aromatic carbocycles. The number of rotatable bonds is 6. The summed E-state index contributed by atoms with van der Waals surface area (Å²) in [6, 6.07) is 4.56. The Balaban J connectivity index is 2.03. The fourth-order valence-electron chi connectivity index (χ4n) is 2.13. The van der Waals surface area contributed by atoms with Gasteiger partial charge in [-0.1, -0.05) is 12.1 Å². The topological polar surface area (TPSA) is 48.0 Å². The van der Waals surface area contributed by atoms with Crippen molar-refractivity contribution in [2.45, 2.75) is 25.3 Å². The van der Waals surface area contributed by atoms with Gasteiger partial charge in [0.1, 0.15) is 12.4 Å². The number of hydrogen-bond acceptors (Lipinski definition) is 2.